The monoisotopic (exact) mass is 891 g/mol. The van der Waals surface area contributed by atoms with E-state index in [9.17, 15) is 0 Å². The molecule has 328 valence electrons. The van der Waals surface area contributed by atoms with Crippen LogP contribution in [0.3, 0.4) is 0 Å². The fourth-order valence-corrected chi connectivity index (χ4v) is 10.5. The zero-order valence-electron chi connectivity index (χ0n) is 38.3. The van der Waals surface area contributed by atoms with Crippen molar-refractivity contribution in [1.29, 1.82) is 0 Å². The van der Waals surface area contributed by atoms with Gasteiger partial charge in [-0.1, -0.05) is 218 Å². The van der Waals surface area contributed by atoms with Gasteiger partial charge in [-0.25, -0.2) is 0 Å². The van der Waals surface area contributed by atoms with Gasteiger partial charge in [-0.2, -0.15) is 0 Å². The predicted octanol–water partition coefficient (Wildman–Crippen LogP) is 19.4. The molecule has 2 nitrogen and oxygen atoms in total. The molecule has 1 heterocycles. The van der Waals surface area contributed by atoms with Crippen LogP contribution in [-0.2, 0) is 0 Å². The molecule has 2 heteroatoms. The number of hydrogen-bond donors (Lipinski definition) is 0. The average molecular weight is 892 g/mol. The molecule has 0 amide bonds. The second-order valence-corrected chi connectivity index (χ2v) is 18.0. The lowest BCUT2D eigenvalue weighted by Gasteiger charge is -2.27. The molecule has 70 heavy (non-hydrogen) atoms. The van der Waals surface area contributed by atoms with E-state index in [2.05, 4.69) is 266 Å². The number of nitrogens with zero attached hydrogens (tertiary/aromatic N) is 1. The highest BCUT2D eigenvalue weighted by atomic mass is 16.3. The molecule has 0 aliphatic rings. The molecular weight excluding hydrogens is 847 g/mol. The van der Waals surface area contributed by atoms with Gasteiger partial charge in [0.15, 0.2) is 0 Å². The third kappa shape index (κ3) is 7.31. The molecule has 0 aliphatic heterocycles. The minimum absolute atomic E-state index is 0.898. The van der Waals surface area contributed by atoms with Crippen LogP contribution in [0.15, 0.2) is 277 Å². The molecule has 0 fully saturated rings. The first-order valence-electron chi connectivity index (χ1n) is 24.0. The highest BCUT2D eigenvalue weighted by Gasteiger charge is 2.20. The van der Waals surface area contributed by atoms with Gasteiger partial charge in [0, 0.05) is 33.4 Å². The van der Waals surface area contributed by atoms with E-state index in [1.165, 1.54) is 60.5 Å². The molecule has 0 saturated heterocycles. The zero-order chi connectivity index (χ0) is 46.4. The molecule has 0 bridgehead atoms. The third-order valence-corrected chi connectivity index (χ3v) is 13.8. The Kier molecular flexibility index (Phi) is 10.2. The Morgan fingerprint density at radius 2 is 0.671 bits per heavy atom. The van der Waals surface area contributed by atoms with Crippen LogP contribution in [0.4, 0.5) is 17.1 Å². The molecule has 0 unspecified atom stereocenters. The van der Waals surface area contributed by atoms with Gasteiger partial charge in [-0.3, -0.25) is 0 Å². The van der Waals surface area contributed by atoms with Crippen molar-refractivity contribution in [3.05, 3.63) is 273 Å². The number of hydrogen-bond acceptors (Lipinski definition) is 2. The average Bonchev–Trinajstić information content (AvgIpc) is 3.83. The smallest absolute Gasteiger partial charge is 0.143 e. The Morgan fingerprint density at radius 3 is 1.27 bits per heavy atom. The summed E-state index contributed by atoms with van der Waals surface area (Å²) in [5.41, 5.74) is 19.0. The van der Waals surface area contributed by atoms with Gasteiger partial charge < -0.3 is 9.32 Å². The van der Waals surface area contributed by atoms with E-state index in [0.29, 0.717) is 0 Å². The highest BCUT2D eigenvalue weighted by molar-refractivity contribution is 6.22. The summed E-state index contributed by atoms with van der Waals surface area (Å²) >= 11 is 0. The van der Waals surface area contributed by atoms with Crippen molar-refractivity contribution in [1.82, 2.24) is 0 Å². The Labute approximate surface area is 407 Å². The molecular formula is C68H45NO. The maximum atomic E-state index is 6.50. The summed E-state index contributed by atoms with van der Waals surface area (Å²) in [6.45, 7) is 0. The SMILES string of the molecule is c1ccc(-c2cc(-c3ccccc3)cc(N(c3ccc(-c4ccc5c(c4)c(-c4ccccc4)c(-c4ccccc4)c4ccccc45)cc3)c3ccc(-c4cccc5c4oc4ccccc45)cc3)c2)cc1. The van der Waals surface area contributed by atoms with Crippen molar-refractivity contribution in [3.63, 3.8) is 0 Å². The largest absolute Gasteiger partial charge is 0.455 e. The quantitative estimate of drug-likeness (QED) is 0.134. The molecule has 0 spiro atoms. The van der Waals surface area contributed by atoms with Crippen LogP contribution >= 0.6 is 0 Å². The van der Waals surface area contributed by atoms with Crippen LogP contribution in [0.25, 0.3) is 110 Å². The van der Waals surface area contributed by atoms with Gasteiger partial charge in [-0.05, 0) is 137 Å². The summed E-state index contributed by atoms with van der Waals surface area (Å²) in [6, 6.07) is 98.7. The molecule has 13 aromatic rings. The topological polar surface area (TPSA) is 16.4 Å². The van der Waals surface area contributed by atoms with E-state index in [1.54, 1.807) is 0 Å². The van der Waals surface area contributed by atoms with Crippen LogP contribution < -0.4 is 4.90 Å². The van der Waals surface area contributed by atoms with E-state index in [0.717, 1.165) is 66.8 Å². The highest BCUT2D eigenvalue weighted by Crippen LogP contribution is 2.47. The Balaban J connectivity index is 0.968. The van der Waals surface area contributed by atoms with E-state index < -0.39 is 0 Å². The van der Waals surface area contributed by atoms with Crippen LogP contribution in [0.2, 0.25) is 0 Å². The summed E-state index contributed by atoms with van der Waals surface area (Å²) in [5.74, 6) is 0. The first kappa shape index (κ1) is 41.0. The number of fused-ring (bicyclic) bond motifs is 6. The lowest BCUT2D eigenvalue weighted by Crippen LogP contribution is -2.10. The second-order valence-electron chi connectivity index (χ2n) is 18.0. The third-order valence-electron chi connectivity index (χ3n) is 13.8. The summed E-state index contributed by atoms with van der Waals surface area (Å²) in [4.78, 5) is 2.39. The number of benzene rings is 12. The van der Waals surface area contributed by atoms with Crippen molar-refractivity contribution < 1.29 is 4.42 Å². The molecule has 12 aromatic carbocycles. The zero-order valence-corrected chi connectivity index (χ0v) is 38.3. The summed E-state index contributed by atoms with van der Waals surface area (Å²) in [6.07, 6.45) is 0. The molecule has 0 aliphatic carbocycles. The summed E-state index contributed by atoms with van der Waals surface area (Å²) in [7, 11) is 0. The van der Waals surface area contributed by atoms with E-state index >= 15 is 0 Å². The Morgan fingerprint density at radius 1 is 0.229 bits per heavy atom. The van der Waals surface area contributed by atoms with E-state index in [4.69, 9.17) is 4.42 Å². The first-order chi connectivity index (χ1) is 34.7. The predicted molar refractivity (Wildman–Crippen MR) is 296 cm³/mol. The number of rotatable bonds is 9. The van der Waals surface area contributed by atoms with E-state index in [-0.39, 0.29) is 0 Å². The molecule has 1 aromatic heterocycles. The van der Waals surface area contributed by atoms with Crippen LogP contribution in [-0.4, -0.2) is 0 Å². The second kappa shape index (κ2) is 17.4. The van der Waals surface area contributed by atoms with Gasteiger partial charge in [-0.15, -0.1) is 0 Å². The normalized spacial score (nSPS) is 11.4. The number of anilines is 3. The molecule has 13 rings (SSSR count). The van der Waals surface area contributed by atoms with Crippen molar-refractivity contribution >= 4 is 60.5 Å². The van der Waals surface area contributed by atoms with Gasteiger partial charge in [0.25, 0.3) is 0 Å². The molecule has 0 atom stereocenters. The maximum absolute atomic E-state index is 6.50. The minimum Gasteiger partial charge on any atom is -0.455 e. The fraction of sp³-hybridized carbons (Fsp3) is 0. The lowest BCUT2D eigenvalue weighted by molar-refractivity contribution is 0.670. The molecule has 0 radical (unpaired) electrons. The summed E-state index contributed by atoms with van der Waals surface area (Å²) in [5, 5.41) is 7.23. The van der Waals surface area contributed by atoms with Gasteiger partial charge in [0.2, 0.25) is 0 Å². The first-order valence-corrected chi connectivity index (χ1v) is 24.0. The number of para-hydroxylation sites is 2. The van der Waals surface area contributed by atoms with Crippen LogP contribution in [0.5, 0.6) is 0 Å². The minimum atomic E-state index is 0.898. The number of furan rings is 1. The maximum Gasteiger partial charge on any atom is 0.143 e. The lowest BCUT2D eigenvalue weighted by atomic mass is 9.84. The van der Waals surface area contributed by atoms with Crippen molar-refractivity contribution in [2.75, 3.05) is 4.90 Å². The Hall–Kier alpha value is -9.24. The van der Waals surface area contributed by atoms with Crippen LogP contribution in [0.1, 0.15) is 0 Å². The standard InChI is InChI=1S/C68H45NO/c1-5-18-46(19-6-1)53-42-54(47-20-7-2-8-21-47)44-57(43-53)69(56-39-34-49(35-40-56)58-29-17-30-63-61-27-15-16-31-65(61)70-68(58)63)55-37-32-48(33-38-55)52-36-41-60-59-26-13-14-28-62(59)66(50-22-9-3-10-23-50)67(64(60)45-52)51-24-11-4-12-25-51/h1-45H. The van der Waals surface area contributed by atoms with Crippen molar-refractivity contribution in [3.8, 4) is 66.8 Å². The van der Waals surface area contributed by atoms with Gasteiger partial charge in [0.05, 0.1) is 0 Å². The van der Waals surface area contributed by atoms with Crippen LogP contribution in [0, 0.1) is 0 Å². The summed E-state index contributed by atoms with van der Waals surface area (Å²) < 4.78 is 6.50. The molecule has 0 N–H and O–H groups in total. The van der Waals surface area contributed by atoms with Crippen molar-refractivity contribution in [2.45, 2.75) is 0 Å². The van der Waals surface area contributed by atoms with Crippen molar-refractivity contribution in [2.24, 2.45) is 0 Å². The fourth-order valence-electron chi connectivity index (χ4n) is 10.5. The molecule has 0 saturated carbocycles. The van der Waals surface area contributed by atoms with Gasteiger partial charge in [0.1, 0.15) is 11.2 Å². The van der Waals surface area contributed by atoms with Gasteiger partial charge >= 0.3 is 0 Å². The Bertz CT molecular complexity index is 3950. The van der Waals surface area contributed by atoms with E-state index in [1.807, 2.05) is 12.1 Å².